The van der Waals surface area contributed by atoms with Crippen molar-refractivity contribution in [2.24, 2.45) is 11.7 Å². The third-order valence-electron chi connectivity index (χ3n) is 5.42. The van der Waals surface area contributed by atoms with Crippen LogP contribution in [0.1, 0.15) is 51.5 Å². The molecule has 0 radical (unpaired) electrons. The van der Waals surface area contributed by atoms with Gasteiger partial charge in [0.1, 0.15) is 18.8 Å². The van der Waals surface area contributed by atoms with Crippen molar-refractivity contribution in [2.75, 3.05) is 11.4 Å². The summed E-state index contributed by atoms with van der Waals surface area (Å²) < 4.78 is 5.11. The summed E-state index contributed by atoms with van der Waals surface area (Å²) in [6.07, 6.45) is 2.29. The van der Waals surface area contributed by atoms with Crippen LogP contribution in [0.3, 0.4) is 0 Å². The molecule has 1 aromatic carbocycles. The minimum absolute atomic E-state index is 0.0437. The highest BCUT2D eigenvalue weighted by Gasteiger charge is 2.29. The van der Waals surface area contributed by atoms with E-state index in [4.69, 9.17) is 15.6 Å². The van der Waals surface area contributed by atoms with E-state index >= 15 is 0 Å². The van der Waals surface area contributed by atoms with Crippen molar-refractivity contribution in [3.05, 3.63) is 29.8 Å². The van der Waals surface area contributed by atoms with Gasteiger partial charge >= 0.3 is 12.1 Å². The van der Waals surface area contributed by atoms with Crippen molar-refractivity contribution < 1.29 is 29.3 Å². The zero-order valence-corrected chi connectivity index (χ0v) is 18.1. The number of benzene rings is 1. The van der Waals surface area contributed by atoms with Gasteiger partial charge in [0.05, 0.1) is 0 Å². The number of nitrogens with zero attached hydrogens (tertiary/aromatic N) is 1. The monoisotopic (exact) mass is 435 g/mol. The lowest BCUT2D eigenvalue weighted by Crippen LogP contribution is -2.49. The number of amides is 2. The van der Waals surface area contributed by atoms with Crippen LogP contribution in [-0.2, 0) is 20.9 Å². The van der Waals surface area contributed by atoms with Crippen LogP contribution in [0.5, 0.6) is 0 Å². The first kappa shape index (κ1) is 24.6. The van der Waals surface area contributed by atoms with Crippen molar-refractivity contribution in [3.8, 4) is 0 Å². The molecule has 1 heterocycles. The van der Waals surface area contributed by atoms with Gasteiger partial charge in [0.2, 0.25) is 0 Å². The van der Waals surface area contributed by atoms with Gasteiger partial charge in [-0.3, -0.25) is 4.79 Å². The lowest BCUT2D eigenvalue weighted by atomic mass is 10.00. The number of aliphatic hydroxyl groups is 1. The molecule has 2 rings (SSSR count). The van der Waals surface area contributed by atoms with Crippen LogP contribution in [0.25, 0.3) is 0 Å². The lowest BCUT2D eigenvalue weighted by molar-refractivity contribution is -0.140. The molecule has 0 aromatic heterocycles. The smallest absolute Gasteiger partial charge is 0.408 e. The molecule has 0 spiro atoms. The van der Waals surface area contributed by atoms with E-state index in [1.54, 1.807) is 43.0 Å². The molecule has 5 N–H and O–H groups in total. The molecular weight excluding hydrogens is 402 g/mol. The standard InChI is InChI=1S/C22H33N3O6/c1-14(2)18(21(28)29)24-22(30)31-13-15-8-10-16(11-9-15)25-12-6-4-3-5-7-17(23)19(26)20(25)27/h8-11,14,17-19,26H,3-7,12-13,23H2,1-2H3,(H,24,30)(H,28,29)/t17-,18-,19?/m0/s1. The molecule has 1 saturated heterocycles. The zero-order valence-electron chi connectivity index (χ0n) is 18.1. The van der Waals surface area contributed by atoms with Crippen molar-refractivity contribution in [1.82, 2.24) is 5.32 Å². The number of carboxylic acid groups (broad SMARTS) is 1. The fraction of sp³-hybridized carbons (Fsp3) is 0.591. The highest BCUT2D eigenvalue weighted by molar-refractivity contribution is 5.96. The molecule has 31 heavy (non-hydrogen) atoms. The maximum atomic E-state index is 12.8. The molecule has 1 aromatic rings. The number of nitrogens with two attached hydrogens (primary N) is 1. The lowest BCUT2D eigenvalue weighted by Gasteiger charge is -2.29. The third kappa shape index (κ3) is 7.22. The minimum Gasteiger partial charge on any atom is -0.480 e. The average molecular weight is 436 g/mol. The molecule has 1 unspecified atom stereocenters. The van der Waals surface area contributed by atoms with Gasteiger partial charge in [-0.25, -0.2) is 9.59 Å². The van der Waals surface area contributed by atoms with E-state index in [0.717, 1.165) is 25.7 Å². The number of hydrogen-bond donors (Lipinski definition) is 4. The van der Waals surface area contributed by atoms with Crippen molar-refractivity contribution in [3.63, 3.8) is 0 Å². The first-order valence-electron chi connectivity index (χ1n) is 10.7. The van der Waals surface area contributed by atoms with Crippen molar-refractivity contribution >= 4 is 23.7 Å². The normalized spacial score (nSPS) is 21.5. The van der Waals surface area contributed by atoms with Crippen molar-refractivity contribution in [2.45, 2.75) is 70.7 Å². The van der Waals surface area contributed by atoms with Gasteiger partial charge in [-0.1, -0.05) is 45.2 Å². The summed E-state index contributed by atoms with van der Waals surface area (Å²) in [4.78, 5) is 37.4. The number of carbonyl (C=O) groups is 3. The van der Waals surface area contributed by atoms with E-state index in [9.17, 15) is 19.5 Å². The summed E-state index contributed by atoms with van der Waals surface area (Å²) in [5, 5.41) is 21.8. The molecule has 1 aliphatic heterocycles. The van der Waals surface area contributed by atoms with Crippen LogP contribution in [-0.4, -0.2) is 52.9 Å². The number of aliphatic carboxylic acids is 1. The molecule has 0 saturated carbocycles. The van der Waals surface area contributed by atoms with Crippen LogP contribution >= 0.6 is 0 Å². The largest absolute Gasteiger partial charge is 0.480 e. The summed E-state index contributed by atoms with van der Waals surface area (Å²) >= 11 is 0. The second-order valence-corrected chi connectivity index (χ2v) is 8.25. The Labute approximate surface area is 182 Å². The number of alkyl carbamates (subject to hydrolysis) is 1. The molecule has 2 amide bonds. The molecule has 3 atom stereocenters. The summed E-state index contributed by atoms with van der Waals surface area (Å²) in [6, 6.07) is 5.29. The number of ether oxygens (including phenoxy) is 1. The molecule has 0 aliphatic carbocycles. The first-order valence-corrected chi connectivity index (χ1v) is 10.7. The highest BCUT2D eigenvalue weighted by atomic mass is 16.5. The first-order chi connectivity index (χ1) is 14.7. The van der Waals surface area contributed by atoms with Gasteiger partial charge in [0, 0.05) is 18.3 Å². The Kier molecular flexibility index (Phi) is 9.26. The highest BCUT2D eigenvalue weighted by Crippen LogP contribution is 2.21. The van der Waals surface area contributed by atoms with E-state index in [2.05, 4.69) is 5.32 Å². The predicted molar refractivity (Wildman–Crippen MR) is 115 cm³/mol. The van der Waals surface area contributed by atoms with E-state index in [1.165, 1.54) is 0 Å². The number of rotatable bonds is 6. The Hall–Kier alpha value is -2.65. The third-order valence-corrected chi connectivity index (χ3v) is 5.42. The molecular formula is C22H33N3O6. The Morgan fingerprint density at radius 1 is 1.19 bits per heavy atom. The van der Waals surface area contributed by atoms with Gasteiger partial charge in [0.25, 0.3) is 5.91 Å². The summed E-state index contributed by atoms with van der Waals surface area (Å²) in [6.45, 7) is 3.83. The number of hydrogen-bond acceptors (Lipinski definition) is 6. The Morgan fingerprint density at radius 2 is 1.84 bits per heavy atom. The van der Waals surface area contributed by atoms with Crippen molar-refractivity contribution in [1.29, 1.82) is 0 Å². The van der Waals surface area contributed by atoms with Gasteiger partial charge in [0.15, 0.2) is 0 Å². The van der Waals surface area contributed by atoms with E-state index in [-0.39, 0.29) is 12.5 Å². The molecule has 9 heteroatoms. The van der Waals surface area contributed by atoms with Crippen LogP contribution in [0.2, 0.25) is 0 Å². The SMILES string of the molecule is CC(C)[C@H](NC(=O)OCc1ccc(N2CCCCCC[C@H](N)C(O)C2=O)cc1)C(=O)O. The Bertz CT molecular complexity index is 752. The Balaban J connectivity index is 2.00. The number of aliphatic hydroxyl groups excluding tert-OH is 1. The maximum absolute atomic E-state index is 12.8. The molecule has 9 nitrogen and oxygen atoms in total. The van der Waals surface area contributed by atoms with Gasteiger partial charge in [-0.15, -0.1) is 0 Å². The van der Waals surface area contributed by atoms with E-state index in [0.29, 0.717) is 24.2 Å². The minimum atomic E-state index is -1.24. The number of anilines is 1. The molecule has 0 bridgehead atoms. The fourth-order valence-electron chi connectivity index (χ4n) is 3.47. The number of carboxylic acids is 1. The van der Waals surface area contributed by atoms with Crippen LogP contribution < -0.4 is 16.0 Å². The van der Waals surface area contributed by atoms with E-state index in [1.807, 2.05) is 0 Å². The second-order valence-electron chi connectivity index (χ2n) is 8.25. The van der Waals surface area contributed by atoms with Crippen LogP contribution in [0.15, 0.2) is 24.3 Å². The second kappa shape index (κ2) is 11.7. The van der Waals surface area contributed by atoms with E-state index < -0.39 is 36.2 Å². The molecule has 1 aliphatic rings. The summed E-state index contributed by atoms with van der Waals surface area (Å²) in [5.74, 6) is -1.81. The van der Waals surface area contributed by atoms with Gasteiger partial charge < -0.3 is 30.9 Å². The summed E-state index contributed by atoms with van der Waals surface area (Å²) in [5.41, 5.74) is 7.29. The fourth-order valence-corrected chi connectivity index (χ4v) is 3.47. The number of carbonyl (C=O) groups excluding carboxylic acids is 2. The van der Waals surface area contributed by atoms with Gasteiger partial charge in [-0.05, 0) is 36.5 Å². The molecule has 172 valence electrons. The molecule has 1 fully saturated rings. The average Bonchev–Trinajstić information content (AvgIpc) is 2.74. The topological polar surface area (TPSA) is 142 Å². The van der Waals surface area contributed by atoms with Gasteiger partial charge in [-0.2, -0.15) is 0 Å². The summed E-state index contributed by atoms with van der Waals surface area (Å²) in [7, 11) is 0. The van der Waals surface area contributed by atoms with Crippen LogP contribution in [0, 0.1) is 5.92 Å². The number of nitrogens with one attached hydrogen (secondary N) is 1. The Morgan fingerprint density at radius 3 is 2.45 bits per heavy atom. The van der Waals surface area contributed by atoms with Crippen LogP contribution in [0.4, 0.5) is 10.5 Å². The predicted octanol–water partition coefficient (Wildman–Crippen LogP) is 2.01. The maximum Gasteiger partial charge on any atom is 0.408 e. The quantitative estimate of drug-likeness (QED) is 0.535. The zero-order chi connectivity index (χ0) is 23.0.